The molecule has 25 heavy (non-hydrogen) atoms. The van der Waals surface area contributed by atoms with Gasteiger partial charge in [-0.1, -0.05) is 51.8 Å². The SMILES string of the molecule is C#C/C=C/C[C@H]1O[C@@H]([C@H](C/C=C/CC)O[Si](C)(C)C(C)(C)C)C[C@H]1O. The fourth-order valence-electron chi connectivity index (χ4n) is 2.71. The molecule has 1 aliphatic heterocycles. The summed E-state index contributed by atoms with van der Waals surface area (Å²) in [5.74, 6) is 2.48. The van der Waals surface area contributed by atoms with Gasteiger partial charge in [-0.25, -0.2) is 0 Å². The van der Waals surface area contributed by atoms with Crippen molar-refractivity contribution in [2.24, 2.45) is 0 Å². The topological polar surface area (TPSA) is 38.7 Å². The molecule has 4 atom stereocenters. The third-order valence-electron chi connectivity index (χ3n) is 5.27. The molecule has 0 aromatic carbocycles. The van der Waals surface area contributed by atoms with E-state index in [9.17, 15) is 5.11 Å². The molecule has 0 saturated carbocycles. The molecule has 142 valence electrons. The van der Waals surface area contributed by atoms with Gasteiger partial charge in [0.2, 0.25) is 0 Å². The number of hydrogen-bond donors (Lipinski definition) is 1. The van der Waals surface area contributed by atoms with E-state index in [1.165, 1.54) is 0 Å². The van der Waals surface area contributed by atoms with Crippen LogP contribution >= 0.6 is 0 Å². The van der Waals surface area contributed by atoms with E-state index in [0.29, 0.717) is 12.8 Å². The fourth-order valence-corrected chi connectivity index (χ4v) is 4.07. The molecule has 1 aliphatic rings. The minimum atomic E-state index is -1.91. The molecule has 1 saturated heterocycles. The molecule has 0 amide bonds. The Balaban J connectivity index is 2.84. The van der Waals surface area contributed by atoms with Gasteiger partial charge in [0.1, 0.15) is 0 Å². The van der Waals surface area contributed by atoms with Gasteiger partial charge >= 0.3 is 0 Å². The molecule has 0 spiro atoms. The van der Waals surface area contributed by atoms with Crippen LogP contribution in [0, 0.1) is 12.3 Å². The van der Waals surface area contributed by atoms with E-state index >= 15 is 0 Å². The molecule has 1 heterocycles. The summed E-state index contributed by atoms with van der Waals surface area (Å²) in [5, 5.41) is 10.5. The minimum Gasteiger partial charge on any atom is -0.411 e. The second-order valence-corrected chi connectivity index (χ2v) is 13.1. The molecule has 4 heteroatoms. The Hall–Kier alpha value is -0.863. The highest BCUT2D eigenvalue weighted by Gasteiger charge is 2.44. The van der Waals surface area contributed by atoms with Gasteiger partial charge in [0.25, 0.3) is 0 Å². The molecule has 0 bridgehead atoms. The first-order valence-corrected chi connectivity index (χ1v) is 12.3. The zero-order valence-corrected chi connectivity index (χ0v) is 17.8. The molecular formula is C21H36O3Si. The van der Waals surface area contributed by atoms with Crippen molar-refractivity contribution in [3.05, 3.63) is 24.3 Å². The van der Waals surface area contributed by atoms with Crippen molar-refractivity contribution in [2.45, 2.75) is 95.9 Å². The van der Waals surface area contributed by atoms with Crippen molar-refractivity contribution < 1.29 is 14.3 Å². The second-order valence-electron chi connectivity index (χ2n) is 8.35. The van der Waals surface area contributed by atoms with E-state index in [1.807, 2.05) is 6.08 Å². The van der Waals surface area contributed by atoms with Gasteiger partial charge < -0.3 is 14.3 Å². The van der Waals surface area contributed by atoms with E-state index in [2.05, 4.69) is 58.9 Å². The van der Waals surface area contributed by atoms with Crippen molar-refractivity contribution in [3.63, 3.8) is 0 Å². The zero-order chi connectivity index (χ0) is 19.1. The number of hydrogen-bond acceptors (Lipinski definition) is 3. The van der Waals surface area contributed by atoms with Gasteiger partial charge in [-0.3, -0.25) is 0 Å². The van der Waals surface area contributed by atoms with Crippen LogP contribution in [-0.2, 0) is 9.16 Å². The summed E-state index contributed by atoms with van der Waals surface area (Å²) in [5.41, 5.74) is 0. The molecule has 0 aromatic rings. The van der Waals surface area contributed by atoms with E-state index < -0.39 is 14.4 Å². The number of allylic oxidation sites excluding steroid dienone is 2. The van der Waals surface area contributed by atoms with Crippen LogP contribution in [0.2, 0.25) is 18.1 Å². The molecule has 3 nitrogen and oxygen atoms in total. The molecule has 0 unspecified atom stereocenters. The summed E-state index contributed by atoms with van der Waals surface area (Å²) in [4.78, 5) is 0. The average Bonchev–Trinajstić information content (AvgIpc) is 2.87. The Kier molecular flexibility index (Phi) is 8.63. The lowest BCUT2D eigenvalue weighted by Gasteiger charge is -2.40. The monoisotopic (exact) mass is 364 g/mol. The van der Waals surface area contributed by atoms with Crippen LogP contribution in [0.15, 0.2) is 24.3 Å². The first kappa shape index (κ1) is 22.2. The van der Waals surface area contributed by atoms with Crippen molar-refractivity contribution in [1.82, 2.24) is 0 Å². The summed E-state index contributed by atoms with van der Waals surface area (Å²) < 4.78 is 12.8. The van der Waals surface area contributed by atoms with Crippen LogP contribution in [0.4, 0.5) is 0 Å². The summed E-state index contributed by atoms with van der Waals surface area (Å²) in [6.07, 6.45) is 15.5. The number of rotatable bonds is 8. The zero-order valence-electron chi connectivity index (χ0n) is 16.8. The summed E-state index contributed by atoms with van der Waals surface area (Å²) in [6, 6.07) is 0. The summed E-state index contributed by atoms with van der Waals surface area (Å²) in [6.45, 7) is 13.4. The fraction of sp³-hybridized carbons (Fsp3) is 0.714. The molecular weight excluding hydrogens is 328 g/mol. The lowest BCUT2D eigenvalue weighted by molar-refractivity contribution is -0.0366. The van der Waals surface area contributed by atoms with Crippen LogP contribution in [0.5, 0.6) is 0 Å². The molecule has 1 fully saturated rings. The standard InChI is InChI=1S/C21H36O3Si/c1-8-10-12-14-18-17(22)16-20(23-18)19(15-13-11-9-2)24-25(6,7)21(3,4)5/h1,10-13,17-20,22H,9,14-16H2,2-7H3/b12-10+,13-11+/t17-,18-,19+,20-/m1/s1. The molecule has 1 rings (SSSR count). The maximum atomic E-state index is 10.4. The van der Waals surface area contributed by atoms with Crippen molar-refractivity contribution >= 4 is 8.32 Å². The van der Waals surface area contributed by atoms with Crippen molar-refractivity contribution in [2.75, 3.05) is 0 Å². The highest BCUT2D eigenvalue weighted by Crippen LogP contribution is 2.39. The lowest BCUT2D eigenvalue weighted by Crippen LogP contribution is -2.47. The number of terminal acetylenes is 1. The van der Waals surface area contributed by atoms with E-state index in [4.69, 9.17) is 15.6 Å². The Morgan fingerprint density at radius 2 is 2.00 bits per heavy atom. The highest BCUT2D eigenvalue weighted by molar-refractivity contribution is 6.74. The number of aliphatic hydroxyl groups excluding tert-OH is 1. The van der Waals surface area contributed by atoms with E-state index in [1.54, 1.807) is 6.08 Å². The largest absolute Gasteiger partial charge is 0.411 e. The third-order valence-corrected chi connectivity index (χ3v) is 9.78. The van der Waals surface area contributed by atoms with Gasteiger partial charge in [-0.15, -0.1) is 6.42 Å². The first-order chi connectivity index (χ1) is 11.6. The molecule has 0 aliphatic carbocycles. The maximum Gasteiger partial charge on any atom is 0.192 e. The van der Waals surface area contributed by atoms with E-state index in [-0.39, 0.29) is 23.4 Å². The number of ether oxygens (including phenoxy) is 1. The van der Waals surface area contributed by atoms with Gasteiger partial charge in [-0.05, 0) is 43.5 Å². The Labute approximate surface area is 155 Å². The van der Waals surface area contributed by atoms with Crippen molar-refractivity contribution in [1.29, 1.82) is 0 Å². The normalized spacial score (nSPS) is 26.4. The van der Waals surface area contributed by atoms with E-state index in [0.717, 1.165) is 12.8 Å². The van der Waals surface area contributed by atoms with Crippen LogP contribution < -0.4 is 0 Å². The van der Waals surface area contributed by atoms with Crippen LogP contribution in [0.1, 0.15) is 53.4 Å². The van der Waals surface area contributed by atoms with Crippen LogP contribution in [0.25, 0.3) is 0 Å². The first-order valence-electron chi connectivity index (χ1n) is 9.39. The molecule has 0 radical (unpaired) electrons. The quantitative estimate of drug-likeness (QED) is 0.381. The Bertz CT molecular complexity index is 496. The summed E-state index contributed by atoms with van der Waals surface area (Å²) in [7, 11) is -1.91. The number of aliphatic hydroxyl groups is 1. The summed E-state index contributed by atoms with van der Waals surface area (Å²) >= 11 is 0. The predicted molar refractivity (Wildman–Crippen MR) is 108 cm³/mol. The third kappa shape index (κ3) is 6.75. The highest BCUT2D eigenvalue weighted by atomic mass is 28.4. The second kappa shape index (κ2) is 9.73. The average molecular weight is 365 g/mol. The minimum absolute atomic E-state index is 0.0139. The lowest BCUT2D eigenvalue weighted by atomic mass is 10.0. The maximum absolute atomic E-state index is 10.4. The van der Waals surface area contributed by atoms with Gasteiger partial charge in [0.15, 0.2) is 8.32 Å². The predicted octanol–water partition coefficient (Wildman–Crippen LogP) is 4.83. The smallest absolute Gasteiger partial charge is 0.192 e. The van der Waals surface area contributed by atoms with Crippen molar-refractivity contribution in [3.8, 4) is 12.3 Å². The van der Waals surface area contributed by atoms with Gasteiger partial charge in [-0.2, -0.15) is 0 Å². The molecule has 0 aromatic heterocycles. The van der Waals surface area contributed by atoms with Gasteiger partial charge in [0.05, 0.1) is 24.4 Å². The Morgan fingerprint density at radius 3 is 2.56 bits per heavy atom. The Morgan fingerprint density at radius 1 is 1.32 bits per heavy atom. The van der Waals surface area contributed by atoms with Crippen LogP contribution in [-0.4, -0.2) is 37.8 Å². The van der Waals surface area contributed by atoms with Gasteiger partial charge in [0, 0.05) is 6.42 Å². The molecule has 1 N–H and O–H groups in total. The van der Waals surface area contributed by atoms with Crippen LogP contribution in [0.3, 0.4) is 0 Å².